The van der Waals surface area contributed by atoms with Gasteiger partial charge in [-0.15, -0.1) is 11.8 Å². The van der Waals surface area contributed by atoms with E-state index in [2.05, 4.69) is 35.7 Å². The van der Waals surface area contributed by atoms with Crippen LogP contribution in [0.3, 0.4) is 0 Å². The Morgan fingerprint density at radius 2 is 1.87 bits per heavy atom. The monoisotopic (exact) mass is 221 g/mol. The first-order chi connectivity index (χ1) is 7.17. The normalized spacial score (nSPS) is 13.0. The molecule has 0 aliphatic rings. The molecule has 0 aliphatic heterocycles. The highest BCUT2D eigenvalue weighted by atomic mass is 32.2. The Morgan fingerprint density at radius 1 is 1.27 bits per heavy atom. The third-order valence-electron chi connectivity index (χ3n) is 2.22. The van der Waals surface area contributed by atoms with E-state index in [1.807, 2.05) is 13.0 Å². The first-order valence-electron chi connectivity index (χ1n) is 4.68. The molecule has 15 heavy (non-hydrogen) atoms. The lowest BCUT2D eigenvalue weighted by atomic mass is 10.1. The first-order valence-corrected chi connectivity index (χ1v) is 5.91. The number of nitrogens with zero attached hydrogens (tertiary/aromatic N) is 1. The average molecular weight is 221 g/mol. The van der Waals surface area contributed by atoms with Crippen molar-refractivity contribution in [3.63, 3.8) is 0 Å². The van der Waals surface area contributed by atoms with Gasteiger partial charge in [0.15, 0.2) is 0 Å². The van der Waals surface area contributed by atoms with Gasteiger partial charge < -0.3 is 5.21 Å². The fourth-order valence-corrected chi connectivity index (χ4v) is 1.54. The van der Waals surface area contributed by atoms with Crippen LogP contribution in [0, 0.1) is 0 Å². The van der Waals surface area contributed by atoms with Gasteiger partial charge in [0.2, 0.25) is 0 Å². The van der Waals surface area contributed by atoms with E-state index in [0.717, 1.165) is 11.1 Å². The van der Waals surface area contributed by atoms with E-state index in [1.54, 1.807) is 18.7 Å². The molecule has 0 atom stereocenters. The number of rotatable bonds is 3. The summed E-state index contributed by atoms with van der Waals surface area (Å²) in [5.41, 5.74) is 2.73. The van der Waals surface area contributed by atoms with Crippen molar-refractivity contribution in [3.8, 4) is 0 Å². The Hall–Kier alpha value is -1.22. The summed E-state index contributed by atoms with van der Waals surface area (Å²) in [5.74, 6) is 0. The van der Waals surface area contributed by atoms with Gasteiger partial charge in [-0.05, 0) is 43.4 Å². The maximum atomic E-state index is 8.61. The maximum absolute atomic E-state index is 8.61. The Morgan fingerprint density at radius 3 is 2.33 bits per heavy atom. The molecule has 0 heterocycles. The van der Waals surface area contributed by atoms with Gasteiger partial charge in [-0.2, -0.15) is 0 Å². The smallest absolute Gasteiger partial charge is 0.0794 e. The molecule has 0 radical (unpaired) electrons. The fourth-order valence-electron chi connectivity index (χ4n) is 1.13. The SMILES string of the molecule is CSc1ccc(/C=C(C)\C(C)=N\O)cc1. The molecule has 0 aliphatic carbocycles. The summed E-state index contributed by atoms with van der Waals surface area (Å²) in [6.45, 7) is 3.71. The summed E-state index contributed by atoms with van der Waals surface area (Å²) in [5, 5.41) is 11.8. The number of allylic oxidation sites excluding steroid dienone is 1. The second-order valence-corrected chi connectivity index (χ2v) is 4.17. The summed E-state index contributed by atoms with van der Waals surface area (Å²) >= 11 is 1.72. The molecule has 0 bridgehead atoms. The number of oxime groups is 1. The van der Waals surface area contributed by atoms with Crippen LogP contribution in [-0.2, 0) is 0 Å². The molecule has 80 valence electrons. The van der Waals surface area contributed by atoms with Gasteiger partial charge in [-0.25, -0.2) is 0 Å². The molecule has 1 rings (SSSR count). The summed E-state index contributed by atoms with van der Waals surface area (Å²) in [4.78, 5) is 1.25. The highest BCUT2D eigenvalue weighted by Gasteiger charge is 1.96. The summed E-state index contributed by atoms with van der Waals surface area (Å²) in [6, 6.07) is 8.27. The zero-order valence-electron chi connectivity index (χ0n) is 9.19. The molecule has 1 aromatic rings. The van der Waals surface area contributed by atoms with Gasteiger partial charge >= 0.3 is 0 Å². The Kier molecular flexibility index (Phi) is 4.43. The quantitative estimate of drug-likeness (QED) is 0.365. The van der Waals surface area contributed by atoms with Gasteiger partial charge in [-0.1, -0.05) is 23.4 Å². The molecule has 0 fully saturated rings. The van der Waals surface area contributed by atoms with Crippen LogP contribution >= 0.6 is 11.8 Å². The van der Waals surface area contributed by atoms with E-state index in [0.29, 0.717) is 5.71 Å². The maximum Gasteiger partial charge on any atom is 0.0794 e. The highest BCUT2D eigenvalue weighted by Crippen LogP contribution is 2.16. The molecule has 1 N–H and O–H groups in total. The van der Waals surface area contributed by atoms with Gasteiger partial charge in [0, 0.05) is 4.90 Å². The molecular formula is C12H15NOS. The van der Waals surface area contributed by atoms with Gasteiger partial charge in [-0.3, -0.25) is 0 Å². The minimum absolute atomic E-state index is 0.643. The van der Waals surface area contributed by atoms with Crippen LogP contribution in [0.1, 0.15) is 19.4 Å². The fraction of sp³-hybridized carbons (Fsp3) is 0.250. The molecule has 0 aromatic heterocycles. The molecule has 0 amide bonds. The predicted molar refractivity (Wildman–Crippen MR) is 66.8 cm³/mol. The molecule has 0 saturated heterocycles. The van der Waals surface area contributed by atoms with Crippen molar-refractivity contribution in [1.82, 2.24) is 0 Å². The molecule has 1 aromatic carbocycles. The standard InChI is InChI=1S/C12H15NOS/c1-9(10(2)13-14)8-11-4-6-12(15-3)7-5-11/h4-8,14H,1-3H3/b9-8-,13-10+. The Balaban J connectivity index is 2.89. The lowest BCUT2D eigenvalue weighted by molar-refractivity contribution is 0.319. The van der Waals surface area contributed by atoms with Crippen molar-refractivity contribution in [1.29, 1.82) is 0 Å². The largest absolute Gasteiger partial charge is 0.411 e. The molecule has 0 unspecified atom stereocenters. The number of hydrogen-bond acceptors (Lipinski definition) is 3. The highest BCUT2D eigenvalue weighted by molar-refractivity contribution is 7.98. The van der Waals surface area contributed by atoms with E-state index < -0.39 is 0 Å². The van der Waals surface area contributed by atoms with Crippen LogP contribution in [0.5, 0.6) is 0 Å². The molecule has 0 spiro atoms. The van der Waals surface area contributed by atoms with Gasteiger partial charge in [0.05, 0.1) is 5.71 Å². The summed E-state index contributed by atoms with van der Waals surface area (Å²) in [6.07, 6.45) is 4.05. The van der Waals surface area contributed by atoms with Crippen molar-refractivity contribution in [2.75, 3.05) is 6.26 Å². The van der Waals surface area contributed by atoms with Crippen LogP contribution in [0.4, 0.5) is 0 Å². The van der Waals surface area contributed by atoms with Crippen molar-refractivity contribution < 1.29 is 5.21 Å². The van der Waals surface area contributed by atoms with E-state index in [-0.39, 0.29) is 0 Å². The third-order valence-corrected chi connectivity index (χ3v) is 2.96. The third kappa shape index (κ3) is 3.44. The minimum atomic E-state index is 0.643. The topological polar surface area (TPSA) is 32.6 Å². The van der Waals surface area contributed by atoms with Crippen molar-refractivity contribution in [3.05, 3.63) is 35.4 Å². The first kappa shape index (κ1) is 11.9. The summed E-state index contributed by atoms with van der Waals surface area (Å²) in [7, 11) is 0. The van der Waals surface area contributed by atoms with Crippen LogP contribution in [0.15, 0.2) is 39.9 Å². The summed E-state index contributed by atoms with van der Waals surface area (Å²) < 4.78 is 0. The molecule has 0 saturated carbocycles. The van der Waals surface area contributed by atoms with Gasteiger partial charge in [0.1, 0.15) is 0 Å². The van der Waals surface area contributed by atoms with Crippen LogP contribution in [0.2, 0.25) is 0 Å². The van der Waals surface area contributed by atoms with Crippen LogP contribution in [0.25, 0.3) is 6.08 Å². The van der Waals surface area contributed by atoms with E-state index in [1.165, 1.54) is 4.90 Å². The average Bonchev–Trinajstić information content (AvgIpc) is 2.29. The lowest BCUT2D eigenvalue weighted by Crippen LogP contribution is -1.92. The van der Waals surface area contributed by atoms with Gasteiger partial charge in [0.25, 0.3) is 0 Å². The van der Waals surface area contributed by atoms with Crippen molar-refractivity contribution in [2.24, 2.45) is 5.16 Å². The predicted octanol–water partition coefficient (Wildman–Crippen LogP) is 3.66. The minimum Gasteiger partial charge on any atom is -0.411 e. The van der Waals surface area contributed by atoms with Crippen molar-refractivity contribution in [2.45, 2.75) is 18.7 Å². The van der Waals surface area contributed by atoms with Crippen molar-refractivity contribution >= 4 is 23.5 Å². The second-order valence-electron chi connectivity index (χ2n) is 3.29. The number of benzene rings is 1. The zero-order valence-corrected chi connectivity index (χ0v) is 10.0. The second kappa shape index (κ2) is 5.61. The van der Waals surface area contributed by atoms with E-state index in [9.17, 15) is 0 Å². The van der Waals surface area contributed by atoms with Crippen LogP contribution < -0.4 is 0 Å². The molecular weight excluding hydrogens is 206 g/mol. The number of hydrogen-bond donors (Lipinski definition) is 1. The number of thioether (sulfide) groups is 1. The Labute approximate surface area is 94.7 Å². The zero-order chi connectivity index (χ0) is 11.3. The molecule has 3 heteroatoms. The van der Waals surface area contributed by atoms with E-state index >= 15 is 0 Å². The molecule has 2 nitrogen and oxygen atoms in total. The van der Waals surface area contributed by atoms with E-state index in [4.69, 9.17) is 5.21 Å². The van der Waals surface area contributed by atoms with Crippen LogP contribution in [-0.4, -0.2) is 17.2 Å². The Bertz CT molecular complexity index is 379. The lowest BCUT2D eigenvalue weighted by Gasteiger charge is -2.00.